The number of carbonyl (C=O) groups is 1. The van der Waals surface area contributed by atoms with E-state index in [-0.39, 0.29) is 17.4 Å². The first kappa shape index (κ1) is 21.1. The Balaban J connectivity index is 1.83. The average Bonchev–Trinajstić information content (AvgIpc) is 2.72. The van der Waals surface area contributed by atoms with Gasteiger partial charge in [0, 0.05) is 6.04 Å². The molecule has 1 aliphatic rings. The lowest BCUT2D eigenvalue weighted by Crippen LogP contribution is -2.32. The SMILES string of the molecule is CCOC(=O)c1ccc(S(=O)(=O)N[C@H](c2ccc3c(c2)OCCO3)C(C)C)cc1. The molecule has 0 aromatic heterocycles. The van der Waals surface area contributed by atoms with Crippen LogP contribution >= 0.6 is 0 Å². The molecule has 156 valence electrons. The fourth-order valence-electron chi connectivity index (χ4n) is 3.06. The first-order chi connectivity index (χ1) is 13.8. The van der Waals surface area contributed by atoms with Crippen LogP contribution < -0.4 is 14.2 Å². The fourth-order valence-corrected chi connectivity index (χ4v) is 4.44. The third-order valence-electron chi connectivity index (χ3n) is 4.55. The molecule has 8 heteroatoms. The molecule has 0 radical (unpaired) electrons. The highest BCUT2D eigenvalue weighted by Crippen LogP contribution is 2.35. The van der Waals surface area contributed by atoms with Gasteiger partial charge in [-0.1, -0.05) is 19.9 Å². The smallest absolute Gasteiger partial charge is 0.338 e. The molecule has 29 heavy (non-hydrogen) atoms. The van der Waals surface area contributed by atoms with Crippen LogP contribution in [0.4, 0.5) is 0 Å². The number of benzene rings is 2. The van der Waals surface area contributed by atoms with Crippen LogP contribution in [0.1, 0.15) is 42.7 Å². The van der Waals surface area contributed by atoms with Crippen molar-refractivity contribution in [2.75, 3.05) is 19.8 Å². The number of sulfonamides is 1. The zero-order chi connectivity index (χ0) is 21.0. The van der Waals surface area contributed by atoms with Gasteiger partial charge in [0.05, 0.1) is 17.1 Å². The predicted molar refractivity (Wildman–Crippen MR) is 108 cm³/mol. The molecule has 0 bridgehead atoms. The van der Waals surface area contributed by atoms with Crippen molar-refractivity contribution in [2.45, 2.75) is 31.7 Å². The molecule has 0 saturated carbocycles. The van der Waals surface area contributed by atoms with Gasteiger partial charge < -0.3 is 14.2 Å². The topological polar surface area (TPSA) is 90.9 Å². The van der Waals surface area contributed by atoms with E-state index < -0.39 is 22.0 Å². The largest absolute Gasteiger partial charge is 0.486 e. The minimum atomic E-state index is -3.80. The van der Waals surface area contributed by atoms with Crippen LogP contribution in [0.5, 0.6) is 11.5 Å². The van der Waals surface area contributed by atoms with Gasteiger partial charge in [0.25, 0.3) is 0 Å². The summed E-state index contributed by atoms with van der Waals surface area (Å²) in [5, 5.41) is 0. The molecule has 0 amide bonds. The number of esters is 1. The molecule has 2 aromatic carbocycles. The van der Waals surface area contributed by atoms with Gasteiger partial charge in [-0.2, -0.15) is 0 Å². The van der Waals surface area contributed by atoms with Gasteiger partial charge in [-0.3, -0.25) is 0 Å². The summed E-state index contributed by atoms with van der Waals surface area (Å²) in [4.78, 5) is 11.8. The van der Waals surface area contributed by atoms with Gasteiger partial charge >= 0.3 is 5.97 Å². The van der Waals surface area contributed by atoms with Gasteiger partial charge in [0.1, 0.15) is 13.2 Å². The molecule has 0 fully saturated rings. The first-order valence-electron chi connectivity index (χ1n) is 9.51. The van der Waals surface area contributed by atoms with E-state index in [9.17, 15) is 13.2 Å². The number of carbonyl (C=O) groups excluding carboxylic acids is 1. The van der Waals surface area contributed by atoms with Crippen LogP contribution in [-0.4, -0.2) is 34.2 Å². The maximum atomic E-state index is 12.9. The summed E-state index contributed by atoms with van der Waals surface area (Å²) < 4.78 is 44.7. The average molecular weight is 419 g/mol. The van der Waals surface area contributed by atoms with Crippen molar-refractivity contribution in [3.05, 3.63) is 53.6 Å². The van der Waals surface area contributed by atoms with Gasteiger partial charge in [0.15, 0.2) is 11.5 Å². The number of nitrogens with one attached hydrogen (secondary N) is 1. The van der Waals surface area contributed by atoms with E-state index in [4.69, 9.17) is 14.2 Å². The molecular formula is C21H25NO6S. The van der Waals surface area contributed by atoms with Crippen LogP contribution in [0.3, 0.4) is 0 Å². The minimum Gasteiger partial charge on any atom is -0.486 e. The highest BCUT2D eigenvalue weighted by Gasteiger charge is 2.26. The Morgan fingerprint density at radius 2 is 1.72 bits per heavy atom. The van der Waals surface area contributed by atoms with Crippen LogP contribution in [0.15, 0.2) is 47.4 Å². The Labute approximate surface area is 171 Å². The van der Waals surface area contributed by atoms with Crippen molar-refractivity contribution in [1.82, 2.24) is 4.72 Å². The number of hydrogen-bond donors (Lipinski definition) is 1. The fraction of sp³-hybridized carbons (Fsp3) is 0.381. The molecule has 1 aliphatic heterocycles. The number of rotatable bonds is 7. The van der Waals surface area contributed by atoms with E-state index in [1.54, 1.807) is 13.0 Å². The summed E-state index contributed by atoms with van der Waals surface area (Å²) in [5.74, 6) is 0.768. The Hall–Kier alpha value is -2.58. The van der Waals surface area contributed by atoms with Crippen LogP contribution in [0.25, 0.3) is 0 Å². The molecule has 0 saturated heterocycles. The standard InChI is InChI=1S/C21H25NO6S/c1-4-26-21(23)15-5-8-17(9-6-15)29(24,25)22-20(14(2)3)16-7-10-18-19(13-16)28-12-11-27-18/h5-10,13-14,20,22H,4,11-12H2,1-3H3/t20-/m0/s1. The Morgan fingerprint density at radius 3 is 2.34 bits per heavy atom. The summed E-state index contributed by atoms with van der Waals surface area (Å²) in [6.45, 7) is 6.80. The summed E-state index contributed by atoms with van der Waals surface area (Å²) in [5.41, 5.74) is 1.09. The van der Waals surface area contributed by atoms with Crippen molar-refractivity contribution >= 4 is 16.0 Å². The maximum absolute atomic E-state index is 12.9. The van der Waals surface area contributed by atoms with Gasteiger partial charge in [-0.05, 0) is 54.8 Å². The van der Waals surface area contributed by atoms with E-state index in [1.165, 1.54) is 24.3 Å². The van der Waals surface area contributed by atoms with Crippen LogP contribution in [0, 0.1) is 5.92 Å². The van der Waals surface area contributed by atoms with Gasteiger partial charge in [0.2, 0.25) is 10.0 Å². The second-order valence-electron chi connectivity index (χ2n) is 6.99. The molecule has 0 spiro atoms. The minimum absolute atomic E-state index is 0.00820. The zero-order valence-electron chi connectivity index (χ0n) is 16.7. The quantitative estimate of drug-likeness (QED) is 0.693. The number of fused-ring (bicyclic) bond motifs is 1. The zero-order valence-corrected chi connectivity index (χ0v) is 17.5. The second kappa shape index (κ2) is 8.84. The molecule has 3 rings (SSSR count). The Kier molecular flexibility index (Phi) is 6.44. The van der Waals surface area contributed by atoms with E-state index in [1.807, 2.05) is 26.0 Å². The lowest BCUT2D eigenvalue weighted by atomic mass is 9.97. The number of ether oxygens (including phenoxy) is 3. The summed E-state index contributed by atoms with van der Waals surface area (Å²) in [6, 6.07) is 10.7. The molecule has 0 unspecified atom stereocenters. The highest BCUT2D eigenvalue weighted by atomic mass is 32.2. The van der Waals surface area contributed by atoms with E-state index >= 15 is 0 Å². The molecule has 7 nitrogen and oxygen atoms in total. The number of hydrogen-bond acceptors (Lipinski definition) is 6. The van der Waals surface area contributed by atoms with Crippen LogP contribution in [0.2, 0.25) is 0 Å². The third-order valence-corrected chi connectivity index (χ3v) is 6.01. The second-order valence-corrected chi connectivity index (χ2v) is 8.70. The maximum Gasteiger partial charge on any atom is 0.338 e. The van der Waals surface area contributed by atoms with Gasteiger partial charge in [-0.25, -0.2) is 17.9 Å². The van der Waals surface area contributed by atoms with E-state index in [0.29, 0.717) is 30.3 Å². The van der Waals surface area contributed by atoms with Crippen molar-refractivity contribution in [2.24, 2.45) is 5.92 Å². The normalized spacial score (nSPS) is 14.5. The van der Waals surface area contributed by atoms with Crippen molar-refractivity contribution in [3.8, 4) is 11.5 Å². The van der Waals surface area contributed by atoms with Crippen molar-refractivity contribution in [3.63, 3.8) is 0 Å². The van der Waals surface area contributed by atoms with Crippen LogP contribution in [-0.2, 0) is 14.8 Å². The predicted octanol–water partition coefficient (Wildman–Crippen LogP) is 3.31. The molecule has 1 atom stereocenters. The Morgan fingerprint density at radius 1 is 1.07 bits per heavy atom. The van der Waals surface area contributed by atoms with Crippen molar-refractivity contribution < 1.29 is 27.4 Å². The molecule has 0 aliphatic carbocycles. The monoisotopic (exact) mass is 419 g/mol. The molecular weight excluding hydrogens is 394 g/mol. The highest BCUT2D eigenvalue weighted by molar-refractivity contribution is 7.89. The lowest BCUT2D eigenvalue weighted by Gasteiger charge is -2.25. The summed E-state index contributed by atoms with van der Waals surface area (Å²) in [7, 11) is -3.80. The first-order valence-corrected chi connectivity index (χ1v) is 11.0. The van der Waals surface area contributed by atoms with Crippen molar-refractivity contribution in [1.29, 1.82) is 0 Å². The molecule has 2 aromatic rings. The van der Waals surface area contributed by atoms with E-state index in [0.717, 1.165) is 5.56 Å². The molecule has 1 N–H and O–H groups in total. The van der Waals surface area contributed by atoms with E-state index in [2.05, 4.69) is 4.72 Å². The van der Waals surface area contributed by atoms with Gasteiger partial charge in [-0.15, -0.1) is 0 Å². The Bertz CT molecular complexity index is 969. The summed E-state index contributed by atoms with van der Waals surface area (Å²) >= 11 is 0. The lowest BCUT2D eigenvalue weighted by molar-refractivity contribution is 0.0526. The third kappa shape index (κ3) is 4.89. The summed E-state index contributed by atoms with van der Waals surface area (Å²) in [6.07, 6.45) is 0. The molecule has 1 heterocycles.